The molecule has 0 atom stereocenters. The Kier molecular flexibility index (Phi) is 6.12. The van der Waals surface area contributed by atoms with Crippen LogP contribution in [0.1, 0.15) is 27.7 Å². The molecular weight excluding hydrogens is 330 g/mol. The zero-order valence-electron chi connectivity index (χ0n) is 14.1. The molecule has 0 radical (unpaired) electrons. The molecule has 0 saturated carbocycles. The van der Waals surface area contributed by atoms with Gasteiger partial charge in [0.15, 0.2) is 0 Å². The van der Waals surface area contributed by atoms with Gasteiger partial charge in [0.25, 0.3) is 16.0 Å². The molecule has 24 heavy (non-hydrogen) atoms. The Morgan fingerprint density at radius 3 is 2.50 bits per heavy atom. The lowest BCUT2D eigenvalue weighted by Gasteiger charge is -2.33. The highest BCUT2D eigenvalue weighted by atomic mass is 32.2. The maximum Gasteiger partial charge on any atom is 0.294 e. The normalized spacial score (nSPS) is 12.4. The van der Waals surface area contributed by atoms with Crippen molar-refractivity contribution in [3.05, 3.63) is 36.0 Å². The van der Waals surface area contributed by atoms with Gasteiger partial charge >= 0.3 is 0 Å². The monoisotopic (exact) mass is 351 g/mol. The van der Waals surface area contributed by atoms with Gasteiger partial charge in [0.2, 0.25) is 0 Å². The first-order chi connectivity index (χ1) is 11.0. The van der Waals surface area contributed by atoms with Crippen molar-refractivity contribution in [2.75, 3.05) is 11.9 Å². The second kappa shape index (κ2) is 7.47. The lowest BCUT2D eigenvalue weighted by molar-refractivity contribution is -0.112. The Bertz CT molecular complexity index is 786. The van der Waals surface area contributed by atoms with E-state index in [9.17, 15) is 18.5 Å². The fourth-order valence-electron chi connectivity index (χ4n) is 1.99. The third kappa shape index (κ3) is 5.37. The van der Waals surface area contributed by atoms with E-state index in [1.165, 1.54) is 24.4 Å². The number of carbonyl (C=O) groups excluding carboxylic acids is 1. The van der Waals surface area contributed by atoms with E-state index in [1.807, 2.05) is 38.7 Å². The van der Waals surface area contributed by atoms with Crippen LogP contribution in [0.15, 0.2) is 40.9 Å². The number of nitrogens with one attached hydrogen (secondary N) is 1. The van der Waals surface area contributed by atoms with E-state index in [0.29, 0.717) is 6.54 Å². The SMILES string of the molecule is CCN(/C=C(/C#N)C(=O)Nc1cccc(S(=O)(=O)O)c1)C(C)(C)C. The Morgan fingerprint density at radius 2 is 2.04 bits per heavy atom. The summed E-state index contributed by atoms with van der Waals surface area (Å²) in [7, 11) is -4.37. The summed E-state index contributed by atoms with van der Waals surface area (Å²) in [6.45, 7) is 8.38. The van der Waals surface area contributed by atoms with Crippen LogP contribution in [0, 0.1) is 11.3 Å². The van der Waals surface area contributed by atoms with Crippen molar-refractivity contribution in [3.8, 4) is 6.07 Å². The number of carbonyl (C=O) groups is 1. The quantitative estimate of drug-likeness (QED) is 0.479. The smallest absolute Gasteiger partial charge is 0.294 e. The Morgan fingerprint density at radius 1 is 1.42 bits per heavy atom. The predicted molar refractivity (Wildman–Crippen MR) is 90.7 cm³/mol. The summed E-state index contributed by atoms with van der Waals surface area (Å²) in [6, 6.07) is 7.00. The molecule has 1 amide bonds. The van der Waals surface area contributed by atoms with E-state index in [2.05, 4.69) is 5.32 Å². The molecule has 1 aromatic carbocycles. The summed E-state index contributed by atoms with van der Waals surface area (Å²) in [4.78, 5) is 13.7. The summed E-state index contributed by atoms with van der Waals surface area (Å²) in [6.07, 6.45) is 1.47. The van der Waals surface area contributed by atoms with Crippen LogP contribution in [0.3, 0.4) is 0 Å². The number of amides is 1. The maximum atomic E-state index is 12.2. The van der Waals surface area contributed by atoms with Gasteiger partial charge in [-0.05, 0) is 45.9 Å². The van der Waals surface area contributed by atoms with Gasteiger partial charge in [-0.15, -0.1) is 0 Å². The molecule has 130 valence electrons. The number of anilines is 1. The molecular formula is C16H21N3O4S. The molecule has 0 aromatic heterocycles. The average molecular weight is 351 g/mol. The fourth-order valence-corrected chi connectivity index (χ4v) is 2.51. The molecule has 8 heteroatoms. The van der Waals surface area contributed by atoms with Crippen LogP contribution in [-0.4, -0.2) is 35.9 Å². The topological polar surface area (TPSA) is 111 Å². The molecule has 2 N–H and O–H groups in total. The average Bonchev–Trinajstić information content (AvgIpc) is 2.46. The fraction of sp³-hybridized carbons (Fsp3) is 0.375. The third-order valence-corrected chi connectivity index (χ3v) is 4.09. The summed E-state index contributed by atoms with van der Waals surface area (Å²) in [5, 5.41) is 11.7. The van der Waals surface area contributed by atoms with Gasteiger partial charge in [-0.1, -0.05) is 6.07 Å². The van der Waals surface area contributed by atoms with Crippen molar-refractivity contribution in [2.24, 2.45) is 0 Å². The van der Waals surface area contributed by atoms with Gasteiger partial charge in [0, 0.05) is 24.0 Å². The van der Waals surface area contributed by atoms with Crippen molar-refractivity contribution >= 4 is 21.7 Å². The van der Waals surface area contributed by atoms with Crippen molar-refractivity contribution < 1.29 is 17.8 Å². The molecule has 0 aliphatic carbocycles. The second-order valence-electron chi connectivity index (χ2n) is 6.07. The molecule has 0 heterocycles. The lowest BCUT2D eigenvalue weighted by Crippen LogP contribution is -2.37. The first kappa shape index (κ1) is 19.7. The molecule has 0 unspecified atom stereocenters. The maximum absolute atomic E-state index is 12.2. The highest BCUT2D eigenvalue weighted by molar-refractivity contribution is 7.85. The van der Waals surface area contributed by atoms with Crippen LogP contribution in [0.4, 0.5) is 5.69 Å². The molecule has 0 aliphatic heterocycles. The molecule has 1 aromatic rings. The third-order valence-electron chi connectivity index (χ3n) is 3.24. The first-order valence-electron chi connectivity index (χ1n) is 7.26. The van der Waals surface area contributed by atoms with Crippen LogP contribution < -0.4 is 5.32 Å². The summed E-state index contributed by atoms with van der Waals surface area (Å²) < 4.78 is 31.3. The molecule has 1 rings (SSSR count). The minimum absolute atomic E-state index is 0.107. The minimum Gasteiger partial charge on any atom is -0.372 e. The van der Waals surface area contributed by atoms with Crippen LogP contribution in [0.2, 0.25) is 0 Å². The summed E-state index contributed by atoms with van der Waals surface area (Å²) in [5.74, 6) is -0.660. The molecule has 0 bridgehead atoms. The molecule has 0 spiro atoms. The second-order valence-corrected chi connectivity index (χ2v) is 7.49. The number of nitriles is 1. The van der Waals surface area contributed by atoms with Crippen LogP contribution in [0.25, 0.3) is 0 Å². The van der Waals surface area contributed by atoms with E-state index in [0.717, 1.165) is 6.07 Å². The Balaban J connectivity index is 3.07. The van der Waals surface area contributed by atoms with Crippen LogP contribution in [-0.2, 0) is 14.9 Å². The predicted octanol–water partition coefficient (Wildman–Crippen LogP) is 2.40. The highest BCUT2D eigenvalue weighted by Gasteiger charge is 2.20. The van der Waals surface area contributed by atoms with Crippen molar-refractivity contribution in [3.63, 3.8) is 0 Å². The lowest BCUT2D eigenvalue weighted by atomic mass is 10.1. The number of hydrogen-bond donors (Lipinski definition) is 2. The van der Waals surface area contributed by atoms with Crippen molar-refractivity contribution in [1.29, 1.82) is 5.26 Å². The van der Waals surface area contributed by atoms with E-state index < -0.39 is 16.0 Å². The van der Waals surface area contributed by atoms with Gasteiger partial charge < -0.3 is 10.2 Å². The number of hydrogen-bond acceptors (Lipinski definition) is 5. The number of rotatable bonds is 5. The Hall–Kier alpha value is -2.37. The van der Waals surface area contributed by atoms with Gasteiger partial charge in [-0.25, -0.2) is 0 Å². The largest absolute Gasteiger partial charge is 0.372 e. The molecule has 0 saturated heterocycles. The minimum atomic E-state index is -4.37. The highest BCUT2D eigenvalue weighted by Crippen LogP contribution is 2.18. The van der Waals surface area contributed by atoms with Gasteiger partial charge in [0.1, 0.15) is 11.6 Å². The van der Waals surface area contributed by atoms with E-state index in [1.54, 1.807) is 0 Å². The summed E-state index contributed by atoms with van der Waals surface area (Å²) in [5.41, 5.74) is -0.207. The van der Waals surface area contributed by atoms with Crippen molar-refractivity contribution in [1.82, 2.24) is 4.90 Å². The molecule has 0 fully saturated rings. The van der Waals surface area contributed by atoms with Gasteiger partial charge in [-0.3, -0.25) is 9.35 Å². The van der Waals surface area contributed by atoms with Gasteiger partial charge in [0.05, 0.1) is 4.90 Å². The Labute approximate surface area is 142 Å². The number of nitrogens with zero attached hydrogens (tertiary/aromatic N) is 2. The first-order valence-corrected chi connectivity index (χ1v) is 8.70. The van der Waals surface area contributed by atoms with Gasteiger partial charge in [-0.2, -0.15) is 13.7 Å². The van der Waals surface area contributed by atoms with E-state index in [-0.39, 0.29) is 21.7 Å². The van der Waals surface area contributed by atoms with Crippen LogP contribution >= 0.6 is 0 Å². The van der Waals surface area contributed by atoms with Crippen LogP contribution in [0.5, 0.6) is 0 Å². The van der Waals surface area contributed by atoms with Crippen molar-refractivity contribution in [2.45, 2.75) is 38.1 Å². The standard InChI is InChI=1S/C16H21N3O4S/c1-5-19(16(2,3)4)11-12(10-17)15(20)18-13-7-6-8-14(9-13)24(21,22)23/h6-9,11H,5H2,1-4H3,(H,18,20)(H,21,22,23)/b12-11-. The zero-order valence-corrected chi connectivity index (χ0v) is 14.9. The zero-order chi connectivity index (χ0) is 18.5. The van der Waals surface area contributed by atoms with E-state index >= 15 is 0 Å². The summed E-state index contributed by atoms with van der Waals surface area (Å²) >= 11 is 0. The number of benzene rings is 1. The molecule has 0 aliphatic rings. The molecule has 7 nitrogen and oxygen atoms in total. The van der Waals surface area contributed by atoms with E-state index in [4.69, 9.17) is 4.55 Å².